The first kappa shape index (κ1) is 18.7. The van der Waals surface area contributed by atoms with Crippen molar-refractivity contribution in [2.75, 3.05) is 5.32 Å². The molecule has 2 aromatic carbocycles. The van der Waals surface area contributed by atoms with Crippen LogP contribution in [-0.4, -0.2) is 16.7 Å². The van der Waals surface area contributed by atoms with Crippen LogP contribution in [0.1, 0.15) is 22.5 Å². The van der Waals surface area contributed by atoms with Crippen LogP contribution in [0.3, 0.4) is 0 Å². The number of rotatable bonds is 5. The van der Waals surface area contributed by atoms with Crippen molar-refractivity contribution >= 4 is 23.1 Å². The summed E-state index contributed by atoms with van der Waals surface area (Å²) >= 11 is 0. The monoisotopic (exact) mass is 390 g/mol. The van der Waals surface area contributed by atoms with E-state index in [2.05, 4.69) is 5.32 Å². The van der Waals surface area contributed by atoms with Gasteiger partial charge in [0, 0.05) is 5.69 Å². The van der Waals surface area contributed by atoms with Crippen LogP contribution in [0.15, 0.2) is 71.0 Å². The van der Waals surface area contributed by atoms with Crippen LogP contribution < -0.4 is 5.32 Å². The minimum Gasteiger partial charge on any atom is -0.467 e. The topological polar surface area (TPSA) is 62.6 Å². The van der Waals surface area contributed by atoms with E-state index in [9.17, 15) is 14.0 Å². The number of hydrogen-bond donors (Lipinski definition) is 1. The average Bonchev–Trinajstić information content (AvgIpc) is 3.25. The Morgan fingerprint density at radius 1 is 0.966 bits per heavy atom. The van der Waals surface area contributed by atoms with E-state index in [4.69, 9.17) is 4.42 Å². The van der Waals surface area contributed by atoms with E-state index in [-0.39, 0.29) is 17.8 Å². The van der Waals surface area contributed by atoms with Crippen molar-refractivity contribution in [3.8, 4) is 0 Å². The van der Waals surface area contributed by atoms with Crippen molar-refractivity contribution in [2.24, 2.45) is 0 Å². The Morgan fingerprint density at radius 3 is 2.28 bits per heavy atom. The second-order valence-corrected chi connectivity index (χ2v) is 7.03. The molecule has 29 heavy (non-hydrogen) atoms. The fraction of sp³-hybridized carbons (Fsp3) is 0.130. The summed E-state index contributed by atoms with van der Waals surface area (Å²) < 4.78 is 18.7. The van der Waals surface area contributed by atoms with E-state index in [1.807, 2.05) is 32.0 Å². The summed E-state index contributed by atoms with van der Waals surface area (Å²) in [5.74, 6) is -0.824. The second kappa shape index (κ2) is 7.39. The zero-order valence-corrected chi connectivity index (χ0v) is 16.0. The lowest BCUT2D eigenvalue weighted by Gasteiger charge is -2.14. The highest BCUT2D eigenvalue weighted by Crippen LogP contribution is 2.32. The van der Waals surface area contributed by atoms with Gasteiger partial charge in [-0.1, -0.05) is 18.2 Å². The Hall–Kier alpha value is -3.67. The molecular formula is C23H19FN2O3. The lowest BCUT2D eigenvalue weighted by molar-refractivity contribution is -0.137. The van der Waals surface area contributed by atoms with Crippen LogP contribution in [0.5, 0.6) is 0 Å². The molecule has 0 fully saturated rings. The molecule has 6 heteroatoms. The third kappa shape index (κ3) is 3.69. The minimum absolute atomic E-state index is 0.0212. The molecule has 0 saturated carbocycles. The molecule has 5 nitrogen and oxygen atoms in total. The van der Waals surface area contributed by atoms with Crippen LogP contribution in [0.25, 0.3) is 5.57 Å². The van der Waals surface area contributed by atoms with Gasteiger partial charge in [0.05, 0.1) is 18.4 Å². The minimum atomic E-state index is -0.454. The Morgan fingerprint density at radius 2 is 1.66 bits per heavy atom. The smallest absolute Gasteiger partial charge is 0.278 e. The summed E-state index contributed by atoms with van der Waals surface area (Å²) in [6.45, 7) is 3.93. The highest BCUT2D eigenvalue weighted by Gasteiger charge is 2.39. The van der Waals surface area contributed by atoms with Gasteiger partial charge in [-0.2, -0.15) is 0 Å². The third-order valence-corrected chi connectivity index (χ3v) is 4.69. The van der Waals surface area contributed by atoms with Gasteiger partial charge in [-0.3, -0.25) is 14.5 Å². The lowest BCUT2D eigenvalue weighted by Crippen LogP contribution is -2.31. The van der Waals surface area contributed by atoms with Crippen molar-refractivity contribution in [3.63, 3.8) is 0 Å². The number of carbonyl (C=O) groups excluding carboxylic acids is 2. The number of nitrogens with one attached hydrogen (secondary N) is 1. The highest BCUT2D eigenvalue weighted by molar-refractivity contribution is 6.36. The van der Waals surface area contributed by atoms with Gasteiger partial charge < -0.3 is 9.73 Å². The van der Waals surface area contributed by atoms with E-state index in [0.717, 1.165) is 16.0 Å². The molecule has 1 aliphatic heterocycles. The summed E-state index contributed by atoms with van der Waals surface area (Å²) in [4.78, 5) is 27.4. The number of amides is 2. The van der Waals surface area contributed by atoms with E-state index in [0.29, 0.717) is 17.0 Å². The van der Waals surface area contributed by atoms with Crippen LogP contribution in [-0.2, 0) is 16.1 Å². The quantitative estimate of drug-likeness (QED) is 0.655. The first-order valence-corrected chi connectivity index (χ1v) is 9.16. The van der Waals surface area contributed by atoms with Crippen molar-refractivity contribution in [3.05, 3.63) is 94.8 Å². The number of anilines is 1. The first-order chi connectivity index (χ1) is 13.9. The highest BCUT2D eigenvalue weighted by atomic mass is 19.1. The van der Waals surface area contributed by atoms with Crippen LogP contribution in [0.2, 0.25) is 0 Å². The average molecular weight is 390 g/mol. The van der Waals surface area contributed by atoms with E-state index < -0.39 is 17.6 Å². The lowest BCUT2D eigenvalue weighted by atomic mass is 10.0. The van der Waals surface area contributed by atoms with Gasteiger partial charge in [0.2, 0.25) is 0 Å². The van der Waals surface area contributed by atoms with Gasteiger partial charge in [0.15, 0.2) is 0 Å². The maximum absolute atomic E-state index is 13.4. The third-order valence-electron chi connectivity index (χ3n) is 4.69. The molecule has 0 aliphatic carbocycles. The fourth-order valence-electron chi connectivity index (χ4n) is 3.47. The SMILES string of the molecule is Cc1cc(C)cc(NC2=C(c3ccc(F)cc3)C(=O)N(Cc3ccco3)C2=O)c1. The van der Waals surface area contributed by atoms with Crippen molar-refractivity contribution in [1.82, 2.24) is 4.90 Å². The summed E-state index contributed by atoms with van der Waals surface area (Å²) in [5.41, 5.74) is 3.61. The van der Waals surface area contributed by atoms with E-state index >= 15 is 0 Å². The van der Waals surface area contributed by atoms with Crippen molar-refractivity contribution < 1.29 is 18.4 Å². The summed E-state index contributed by atoms with van der Waals surface area (Å²) in [6.07, 6.45) is 1.49. The Kier molecular flexibility index (Phi) is 4.76. The fourth-order valence-corrected chi connectivity index (χ4v) is 3.47. The number of benzene rings is 2. The molecule has 3 aromatic rings. The molecule has 0 bridgehead atoms. The summed E-state index contributed by atoms with van der Waals surface area (Å²) in [5, 5.41) is 3.12. The Bertz CT molecular complexity index is 1100. The first-order valence-electron chi connectivity index (χ1n) is 9.16. The number of hydrogen-bond acceptors (Lipinski definition) is 4. The number of nitrogens with zero attached hydrogens (tertiary/aromatic N) is 1. The normalized spacial score (nSPS) is 14.1. The zero-order valence-electron chi connectivity index (χ0n) is 16.0. The van der Waals surface area contributed by atoms with Crippen LogP contribution in [0.4, 0.5) is 10.1 Å². The zero-order chi connectivity index (χ0) is 20.5. The van der Waals surface area contributed by atoms with Gasteiger partial charge in [-0.25, -0.2) is 4.39 Å². The van der Waals surface area contributed by atoms with Crippen molar-refractivity contribution in [1.29, 1.82) is 0 Å². The number of imide groups is 1. The summed E-state index contributed by atoms with van der Waals surface area (Å²) in [7, 11) is 0. The Labute approximate surface area is 167 Å². The predicted molar refractivity (Wildman–Crippen MR) is 107 cm³/mol. The molecule has 4 rings (SSSR count). The van der Waals surface area contributed by atoms with Crippen LogP contribution in [0, 0.1) is 19.7 Å². The number of aryl methyl sites for hydroxylation is 2. The van der Waals surface area contributed by atoms with Crippen molar-refractivity contribution in [2.45, 2.75) is 20.4 Å². The maximum Gasteiger partial charge on any atom is 0.278 e. The molecule has 0 unspecified atom stereocenters. The molecule has 0 saturated heterocycles. The largest absolute Gasteiger partial charge is 0.467 e. The standard InChI is InChI=1S/C23H19FN2O3/c1-14-10-15(2)12-18(11-14)25-21-20(16-5-7-17(24)8-6-16)22(27)26(23(21)28)13-19-4-3-9-29-19/h3-12,25H,13H2,1-2H3. The molecule has 146 valence electrons. The molecule has 0 spiro atoms. The molecule has 1 aliphatic rings. The van der Waals surface area contributed by atoms with Gasteiger partial charge in [-0.15, -0.1) is 0 Å². The number of halogens is 1. The van der Waals surface area contributed by atoms with E-state index in [1.165, 1.54) is 30.5 Å². The molecule has 2 amide bonds. The maximum atomic E-state index is 13.4. The van der Waals surface area contributed by atoms with E-state index in [1.54, 1.807) is 12.1 Å². The molecule has 2 heterocycles. The summed E-state index contributed by atoms with van der Waals surface area (Å²) in [6, 6.07) is 14.7. The number of carbonyl (C=O) groups is 2. The molecule has 1 aromatic heterocycles. The predicted octanol–water partition coefficient (Wildman–Crippen LogP) is 4.43. The molecule has 1 N–H and O–H groups in total. The molecule has 0 radical (unpaired) electrons. The number of furan rings is 1. The van der Waals surface area contributed by atoms with Gasteiger partial charge in [0.25, 0.3) is 11.8 Å². The van der Waals surface area contributed by atoms with Gasteiger partial charge in [-0.05, 0) is 66.9 Å². The van der Waals surface area contributed by atoms with Gasteiger partial charge in [0.1, 0.15) is 17.3 Å². The molecule has 0 atom stereocenters. The second-order valence-electron chi connectivity index (χ2n) is 7.03. The Balaban J connectivity index is 1.77. The van der Waals surface area contributed by atoms with Gasteiger partial charge >= 0.3 is 0 Å². The van der Waals surface area contributed by atoms with Crippen LogP contribution >= 0.6 is 0 Å². The molecular weight excluding hydrogens is 371 g/mol.